The number of halogens is 2. The van der Waals surface area contributed by atoms with E-state index in [4.69, 9.17) is 9.15 Å². The maximum absolute atomic E-state index is 14.2. The Balaban J connectivity index is 2.53. The average molecular weight is 294 g/mol. The second-order valence-corrected chi connectivity index (χ2v) is 5.18. The maximum atomic E-state index is 14.2. The van der Waals surface area contributed by atoms with Gasteiger partial charge in [-0.1, -0.05) is 20.4 Å². The molecule has 0 radical (unpaired) electrons. The fourth-order valence-corrected chi connectivity index (χ4v) is 2.34. The molecule has 114 valence electrons. The molecule has 1 aromatic carbocycles. The van der Waals surface area contributed by atoms with Gasteiger partial charge in [0.2, 0.25) is 11.6 Å². The summed E-state index contributed by atoms with van der Waals surface area (Å²) in [6.07, 6.45) is 3.00. The molecule has 2 rings (SSSR count). The molecule has 1 aromatic heterocycles. The quantitative estimate of drug-likeness (QED) is 0.641. The van der Waals surface area contributed by atoms with Gasteiger partial charge >= 0.3 is 0 Å². The predicted molar refractivity (Wildman–Crippen MR) is 79.5 cm³/mol. The first kappa shape index (κ1) is 15.5. The number of furan rings is 1. The van der Waals surface area contributed by atoms with Gasteiger partial charge < -0.3 is 9.15 Å². The lowest BCUT2D eigenvalue weighted by atomic mass is 10.1. The predicted octanol–water partition coefficient (Wildman–Crippen LogP) is 5.66. The van der Waals surface area contributed by atoms with Gasteiger partial charge in [-0.05, 0) is 25.8 Å². The molecule has 0 amide bonds. The monoisotopic (exact) mass is 294 g/mol. The Morgan fingerprint density at radius 2 is 1.95 bits per heavy atom. The molecule has 0 fully saturated rings. The minimum Gasteiger partial charge on any atom is -0.459 e. The Kier molecular flexibility index (Phi) is 4.66. The Morgan fingerprint density at radius 3 is 2.57 bits per heavy atom. The third-order valence-corrected chi connectivity index (χ3v) is 3.39. The minimum atomic E-state index is -1.02. The van der Waals surface area contributed by atoms with Crippen LogP contribution in [0.15, 0.2) is 22.8 Å². The number of rotatable bonds is 6. The van der Waals surface area contributed by atoms with Crippen LogP contribution in [0.1, 0.15) is 44.4 Å². The van der Waals surface area contributed by atoms with Gasteiger partial charge in [0.15, 0.2) is 11.3 Å². The van der Waals surface area contributed by atoms with Crippen molar-refractivity contribution in [3.05, 3.63) is 41.4 Å². The van der Waals surface area contributed by atoms with Crippen molar-refractivity contribution in [2.75, 3.05) is 0 Å². The third kappa shape index (κ3) is 2.94. The van der Waals surface area contributed by atoms with E-state index in [1.165, 1.54) is 0 Å². The van der Waals surface area contributed by atoms with E-state index in [1.807, 2.05) is 13.8 Å². The van der Waals surface area contributed by atoms with Crippen LogP contribution in [0.25, 0.3) is 11.0 Å². The summed E-state index contributed by atoms with van der Waals surface area (Å²) in [5, 5.41) is 0.552. The Bertz CT molecular complexity index is 671. The molecule has 0 bridgehead atoms. The van der Waals surface area contributed by atoms with Gasteiger partial charge in [-0.3, -0.25) is 0 Å². The van der Waals surface area contributed by atoms with E-state index >= 15 is 0 Å². The van der Waals surface area contributed by atoms with Crippen LogP contribution in [0.5, 0.6) is 5.75 Å². The number of aryl methyl sites for hydroxylation is 2. The summed E-state index contributed by atoms with van der Waals surface area (Å²) in [5.74, 6) is -1.04. The highest BCUT2D eigenvalue weighted by molar-refractivity contribution is 5.84. The maximum Gasteiger partial charge on any atom is 0.205 e. The van der Waals surface area contributed by atoms with Gasteiger partial charge in [-0.15, -0.1) is 0 Å². The molecule has 2 nitrogen and oxygen atoms in total. The van der Waals surface area contributed by atoms with E-state index in [-0.39, 0.29) is 11.3 Å². The lowest BCUT2D eigenvalue weighted by Crippen LogP contribution is -2.00. The van der Waals surface area contributed by atoms with Crippen LogP contribution < -0.4 is 4.74 Å². The Hall–Kier alpha value is -1.84. The fourth-order valence-electron chi connectivity index (χ4n) is 2.34. The second-order valence-electron chi connectivity index (χ2n) is 5.18. The first-order valence-electron chi connectivity index (χ1n) is 7.25. The largest absolute Gasteiger partial charge is 0.459 e. The summed E-state index contributed by atoms with van der Waals surface area (Å²) in [4.78, 5) is 0. The van der Waals surface area contributed by atoms with Crippen LogP contribution in [-0.4, -0.2) is 0 Å². The Morgan fingerprint density at radius 1 is 1.24 bits per heavy atom. The normalized spacial score (nSPS) is 11.1. The molecule has 0 aliphatic carbocycles. The average Bonchev–Trinajstić information content (AvgIpc) is 2.86. The standard InChI is InChI=1S/C17H20F2O2/c1-5-7-10(3)20-16-11(4)13-9-12(8-6-2)21-17(13)15(19)14(16)18/h9H,3,5-8H2,1-2,4H3. The Labute approximate surface area is 123 Å². The van der Waals surface area contributed by atoms with Crippen LogP contribution in [-0.2, 0) is 6.42 Å². The summed E-state index contributed by atoms with van der Waals surface area (Å²) in [6.45, 7) is 9.40. The summed E-state index contributed by atoms with van der Waals surface area (Å²) in [6, 6.07) is 1.76. The van der Waals surface area contributed by atoms with Crippen molar-refractivity contribution < 1.29 is 17.9 Å². The van der Waals surface area contributed by atoms with Crippen molar-refractivity contribution in [3.8, 4) is 5.75 Å². The molecular weight excluding hydrogens is 274 g/mol. The molecule has 0 unspecified atom stereocenters. The van der Waals surface area contributed by atoms with Crippen LogP contribution in [0.3, 0.4) is 0 Å². The molecule has 21 heavy (non-hydrogen) atoms. The zero-order valence-corrected chi connectivity index (χ0v) is 12.7. The second kappa shape index (κ2) is 6.29. The highest BCUT2D eigenvalue weighted by Gasteiger charge is 2.23. The number of benzene rings is 1. The van der Waals surface area contributed by atoms with Crippen LogP contribution in [0.4, 0.5) is 8.78 Å². The number of fused-ring (bicyclic) bond motifs is 1. The summed E-state index contributed by atoms with van der Waals surface area (Å²) in [5.41, 5.74) is 0.495. The smallest absolute Gasteiger partial charge is 0.205 e. The van der Waals surface area contributed by atoms with Crippen LogP contribution in [0.2, 0.25) is 0 Å². The number of hydrogen-bond donors (Lipinski definition) is 0. The van der Waals surface area contributed by atoms with Crippen LogP contribution >= 0.6 is 0 Å². The lowest BCUT2D eigenvalue weighted by Gasteiger charge is -2.12. The molecule has 0 saturated carbocycles. The van der Waals surface area contributed by atoms with E-state index in [0.717, 1.165) is 12.8 Å². The van der Waals surface area contributed by atoms with E-state index in [0.29, 0.717) is 35.3 Å². The van der Waals surface area contributed by atoms with Gasteiger partial charge in [-0.25, -0.2) is 0 Å². The minimum absolute atomic E-state index is 0.0399. The van der Waals surface area contributed by atoms with E-state index < -0.39 is 11.6 Å². The molecule has 4 heteroatoms. The molecule has 2 aromatic rings. The molecule has 0 saturated heterocycles. The summed E-state index contributed by atoms with van der Waals surface area (Å²) in [7, 11) is 0. The first-order valence-corrected chi connectivity index (χ1v) is 7.25. The molecule has 1 heterocycles. The SMILES string of the molecule is C=C(CCC)Oc1c(F)c(F)c2oc(CCC)cc2c1C. The van der Waals surface area contributed by atoms with E-state index in [9.17, 15) is 8.78 Å². The molecule has 0 N–H and O–H groups in total. The van der Waals surface area contributed by atoms with Crippen molar-refractivity contribution in [1.29, 1.82) is 0 Å². The zero-order valence-electron chi connectivity index (χ0n) is 12.7. The number of ether oxygens (including phenoxy) is 1. The number of allylic oxidation sites excluding steroid dienone is 1. The summed E-state index contributed by atoms with van der Waals surface area (Å²) >= 11 is 0. The van der Waals surface area contributed by atoms with Crippen LogP contribution in [0, 0.1) is 18.6 Å². The van der Waals surface area contributed by atoms with Crippen molar-refractivity contribution >= 4 is 11.0 Å². The fraction of sp³-hybridized carbons (Fsp3) is 0.412. The molecule has 0 aliphatic heterocycles. The van der Waals surface area contributed by atoms with Crippen molar-refractivity contribution in [2.24, 2.45) is 0 Å². The molecular formula is C17H20F2O2. The highest BCUT2D eigenvalue weighted by Crippen LogP contribution is 2.36. The van der Waals surface area contributed by atoms with Crippen molar-refractivity contribution in [3.63, 3.8) is 0 Å². The first-order chi connectivity index (χ1) is 9.99. The highest BCUT2D eigenvalue weighted by atomic mass is 19.2. The lowest BCUT2D eigenvalue weighted by molar-refractivity contribution is 0.364. The molecule has 0 spiro atoms. The van der Waals surface area contributed by atoms with Crippen molar-refractivity contribution in [1.82, 2.24) is 0 Å². The van der Waals surface area contributed by atoms with Gasteiger partial charge in [0.25, 0.3) is 0 Å². The van der Waals surface area contributed by atoms with Gasteiger partial charge in [0.05, 0.1) is 5.76 Å². The topological polar surface area (TPSA) is 22.4 Å². The van der Waals surface area contributed by atoms with Gasteiger partial charge in [-0.2, -0.15) is 8.78 Å². The number of hydrogen-bond acceptors (Lipinski definition) is 2. The molecule has 0 aliphatic rings. The summed E-state index contributed by atoms with van der Waals surface area (Å²) < 4.78 is 39.2. The van der Waals surface area contributed by atoms with Gasteiger partial charge in [0.1, 0.15) is 5.76 Å². The van der Waals surface area contributed by atoms with Crippen molar-refractivity contribution in [2.45, 2.75) is 46.5 Å². The van der Waals surface area contributed by atoms with Gasteiger partial charge in [0, 0.05) is 23.8 Å². The van der Waals surface area contributed by atoms with E-state index in [2.05, 4.69) is 6.58 Å². The van der Waals surface area contributed by atoms with E-state index in [1.54, 1.807) is 13.0 Å². The third-order valence-electron chi connectivity index (χ3n) is 3.39. The zero-order chi connectivity index (χ0) is 15.6. The molecule has 0 atom stereocenters.